The van der Waals surface area contributed by atoms with Crippen molar-refractivity contribution in [3.63, 3.8) is 0 Å². The van der Waals surface area contributed by atoms with Gasteiger partial charge in [0.15, 0.2) is 11.5 Å². The molecule has 1 aliphatic carbocycles. The highest BCUT2D eigenvalue weighted by molar-refractivity contribution is 5.90. The van der Waals surface area contributed by atoms with Gasteiger partial charge in [-0.3, -0.25) is 4.79 Å². The molecule has 11 heteroatoms. The van der Waals surface area contributed by atoms with Crippen molar-refractivity contribution in [3.8, 4) is 0 Å². The third-order valence-electron chi connectivity index (χ3n) is 6.89. The first-order valence-corrected chi connectivity index (χ1v) is 12.3. The molecule has 2 aromatic heterocycles. The van der Waals surface area contributed by atoms with Crippen LogP contribution in [0.5, 0.6) is 0 Å². The molecule has 4 atom stereocenters. The minimum absolute atomic E-state index is 0.0528. The summed E-state index contributed by atoms with van der Waals surface area (Å²) in [7, 11) is 0. The molecule has 1 aliphatic rings. The van der Waals surface area contributed by atoms with Gasteiger partial charge in [0.1, 0.15) is 17.7 Å². The third kappa shape index (κ3) is 4.93. The number of nitrogens with one attached hydrogen (secondary N) is 2. The molecule has 5 N–H and O–H groups in total. The summed E-state index contributed by atoms with van der Waals surface area (Å²) in [6.45, 7) is 1.74. The highest BCUT2D eigenvalue weighted by Crippen LogP contribution is 2.34. The van der Waals surface area contributed by atoms with Crippen molar-refractivity contribution < 1.29 is 24.9 Å². The van der Waals surface area contributed by atoms with Crippen molar-refractivity contribution in [2.24, 2.45) is 0 Å². The maximum atomic E-state index is 11.9. The fraction of sp³-hybridized carbons (Fsp3) is 0.296. The lowest BCUT2D eigenvalue weighted by atomic mass is 9.91. The second-order valence-electron chi connectivity index (χ2n) is 9.37. The Bertz CT molecular complexity index is 1410. The molecule has 38 heavy (non-hydrogen) atoms. The molecule has 0 bridgehead atoms. The number of amides is 1. The van der Waals surface area contributed by atoms with E-state index in [0.29, 0.717) is 12.1 Å². The SMILES string of the molecule is CC(=O)N[C@H]1C[C@@H](n2cnc3c(NCC(c4ccccc4)c4ccccc4)nc(C(=O)O)nc32)[C@H](O)[C@@H]1O. The van der Waals surface area contributed by atoms with E-state index < -0.39 is 36.1 Å². The highest BCUT2D eigenvalue weighted by atomic mass is 16.4. The van der Waals surface area contributed by atoms with Crippen molar-refractivity contribution in [2.75, 3.05) is 11.9 Å². The van der Waals surface area contributed by atoms with E-state index >= 15 is 0 Å². The van der Waals surface area contributed by atoms with Crippen molar-refractivity contribution in [1.82, 2.24) is 24.8 Å². The minimum atomic E-state index is -1.31. The van der Waals surface area contributed by atoms with Gasteiger partial charge >= 0.3 is 5.97 Å². The fourth-order valence-corrected chi connectivity index (χ4v) is 5.06. The Morgan fingerprint density at radius 1 is 1.00 bits per heavy atom. The summed E-state index contributed by atoms with van der Waals surface area (Å²) >= 11 is 0. The lowest BCUT2D eigenvalue weighted by molar-refractivity contribution is -0.120. The standard InChI is InChI=1S/C27H28N6O5/c1-15(34)30-19-12-20(23(36)22(19)35)33-14-29-21-24(31-25(27(37)38)32-26(21)33)28-13-18(16-8-4-2-5-9-16)17-10-6-3-7-11-17/h2-11,14,18-20,22-23,35-36H,12-13H2,1H3,(H,30,34)(H,37,38)(H,28,31,32)/t19-,20+,22+,23-/m0/s1. The van der Waals surface area contributed by atoms with E-state index in [0.717, 1.165) is 11.1 Å². The first kappa shape index (κ1) is 25.3. The molecule has 4 aromatic rings. The van der Waals surface area contributed by atoms with E-state index in [9.17, 15) is 24.9 Å². The number of hydrogen-bond donors (Lipinski definition) is 5. The second-order valence-corrected chi connectivity index (χ2v) is 9.37. The average molecular weight is 517 g/mol. The van der Waals surface area contributed by atoms with E-state index in [1.54, 1.807) is 0 Å². The van der Waals surface area contributed by atoms with E-state index in [4.69, 9.17) is 0 Å². The van der Waals surface area contributed by atoms with Crippen LogP contribution < -0.4 is 10.6 Å². The Morgan fingerprint density at radius 3 is 2.21 bits per heavy atom. The van der Waals surface area contributed by atoms with E-state index in [1.165, 1.54) is 17.8 Å². The topological polar surface area (TPSA) is 162 Å². The molecule has 2 heterocycles. The smallest absolute Gasteiger partial charge is 0.374 e. The zero-order valence-electron chi connectivity index (χ0n) is 20.6. The molecule has 1 fully saturated rings. The summed E-state index contributed by atoms with van der Waals surface area (Å²) in [4.78, 5) is 36.3. The van der Waals surface area contributed by atoms with Gasteiger partial charge in [-0.25, -0.2) is 19.7 Å². The van der Waals surface area contributed by atoms with Crippen LogP contribution in [0.2, 0.25) is 0 Å². The van der Waals surface area contributed by atoms with Crippen LogP contribution in [-0.4, -0.2) is 71.5 Å². The summed E-state index contributed by atoms with van der Waals surface area (Å²) in [6.07, 6.45) is -0.757. The van der Waals surface area contributed by atoms with Crippen LogP contribution in [0.4, 0.5) is 5.82 Å². The molecule has 196 valence electrons. The van der Waals surface area contributed by atoms with Gasteiger partial charge in [-0.05, 0) is 17.5 Å². The molecular weight excluding hydrogens is 488 g/mol. The monoisotopic (exact) mass is 516 g/mol. The quantitative estimate of drug-likeness (QED) is 0.236. The van der Waals surface area contributed by atoms with E-state index in [2.05, 4.69) is 25.6 Å². The van der Waals surface area contributed by atoms with Gasteiger partial charge in [-0.15, -0.1) is 0 Å². The normalized spacial score (nSPS) is 21.1. The number of fused-ring (bicyclic) bond motifs is 1. The molecule has 11 nitrogen and oxygen atoms in total. The van der Waals surface area contributed by atoms with Crippen LogP contribution in [0.3, 0.4) is 0 Å². The zero-order valence-corrected chi connectivity index (χ0v) is 20.6. The summed E-state index contributed by atoms with van der Waals surface area (Å²) in [5, 5.41) is 36.8. The van der Waals surface area contributed by atoms with E-state index in [1.807, 2.05) is 60.7 Å². The van der Waals surface area contributed by atoms with Crippen LogP contribution >= 0.6 is 0 Å². The molecule has 0 spiro atoms. The first-order chi connectivity index (χ1) is 18.3. The van der Waals surface area contributed by atoms with Gasteiger partial charge < -0.3 is 30.5 Å². The number of anilines is 1. The van der Waals surface area contributed by atoms with E-state index in [-0.39, 0.29) is 29.7 Å². The lowest BCUT2D eigenvalue weighted by Crippen LogP contribution is -2.42. The number of carbonyl (C=O) groups is 2. The van der Waals surface area contributed by atoms with Crippen LogP contribution in [0.15, 0.2) is 67.0 Å². The molecular formula is C27H28N6O5. The molecule has 0 unspecified atom stereocenters. The average Bonchev–Trinajstić information content (AvgIpc) is 3.46. The Labute approximate surface area is 218 Å². The van der Waals surface area contributed by atoms with Gasteiger partial charge in [0, 0.05) is 19.4 Å². The number of aromatic nitrogens is 4. The Morgan fingerprint density at radius 2 is 1.63 bits per heavy atom. The second kappa shape index (κ2) is 10.6. The van der Waals surface area contributed by atoms with Crippen molar-refractivity contribution in [3.05, 3.63) is 83.9 Å². The zero-order chi connectivity index (χ0) is 26.8. The van der Waals surface area contributed by atoms with Gasteiger partial charge in [0.05, 0.1) is 18.4 Å². The number of carboxylic acids is 1. The number of benzene rings is 2. The Balaban J connectivity index is 1.50. The van der Waals surface area contributed by atoms with Crippen LogP contribution in [0.25, 0.3) is 11.2 Å². The summed E-state index contributed by atoms with van der Waals surface area (Å²) in [6, 6.07) is 18.5. The predicted molar refractivity (Wildman–Crippen MR) is 139 cm³/mol. The van der Waals surface area contributed by atoms with Gasteiger partial charge in [0.25, 0.3) is 0 Å². The number of rotatable bonds is 8. The molecule has 1 saturated carbocycles. The fourth-order valence-electron chi connectivity index (χ4n) is 5.06. The van der Waals surface area contributed by atoms with Crippen molar-refractivity contribution in [1.29, 1.82) is 0 Å². The molecule has 5 rings (SSSR count). The molecule has 2 aromatic carbocycles. The van der Waals surface area contributed by atoms with Crippen LogP contribution in [-0.2, 0) is 4.79 Å². The third-order valence-corrected chi connectivity index (χ3v) is 6.89. The maximum absolute atomic E-state index is 11.9. The summed E-state index contributed by atoms with van der Waals surface area (Å²) < 4.78 is 1.54. The number of carbonyl (C=O) groups excluding carboxylic acids is 1. The number of aliphatic hydroxyl groups excluding tert-OH is 2. The van der Waals surface area contributed by atoms with Gasteiger partial charge in [-0.2, -0.15) is 0 Å². The minimum Gasteiger partial charge on any atom is -0.475 e. The van der Waals surface area contributed by atoms with Gasteiger partial charge in [-0.1, -0.05) is 60.7 Å². The van der Waals surface area contributed by atoms with Crippen LogP contribution in [0.1, 0.15) is 47.1 Å². The number of imidazole rings is 1. The predicted octanol–water partition coefficient (Wildman–Crippen LogP) is 1.94. The number of carboxylic acid groups (broad SMARTS) is 1. The van der Waals surface area contributed by atoms with Crippen LogP contribution in [0, 0.1) is 0 Å². The maximum Gasteiger partial charge on any atom is 0.374 e. The first-order valence-electron chi connectivity index (χ1n) is 12.3. The van der Waals surface area contributed by atoms with Crippen molar-refractivity contribution in [2.45, 2.75) is 43.6 Å². The molecule has 0 aliphatic heterocycles. The molecule has 0 saturated heterocycles. The Kier molecular flexibility index (Phi) is 7.03. The number of nitrogens with zero attached hydrogens (tertiary/aromatic N) is 4. The van der Waals surface area contributed by atoms with Crippen molar-refractivity contribution >= 4 is 28.9 Å². The molecule has 0 radical (unpaired) electrons. The highest BCUT2D eigenvalue weighted by Gasteiger charge is 2.43. The summed E-state index contributed by atoms with van der Waals surface area (Å²) in [5.41, 5.74) is 2.69. The molecule has 1 amide bonds. The number of aliphatic hydroxyl groups is 2. The van der Waals surface area contributed by atoms with Gasteiger partial charge in [0.2, 0.25) is 11.7 Å². The number of hydrogen-bond acceptors (Lipinski definition) is 8. The lowest BCUT2D eigenvalue weighted by Gasteiger charge is -2.20. The largest absolute Gasteiger partial charge is 0.475 e. The summed E-state index contributed by atoms with van der Waals surface area (Å²) in [5.74, 6) is -1.87. The number of aromatic carboxylic acids is 1. The Hall–Kier alpha value is -4.35.